The van der Waals surface area contributed by atoms with Crippen LogP contribution in [0.15, 0.2) is 35.9 Å². The van der Waals surface area contributed by atoms with Gasteiger partial charge in [0.2, 0.25) is 0 Å². The summed E-state index contributed by atoms with van der Waals surface area (Å²) in [6, 6.07) is 10.0. The molecule has 1 N–H and O–H groups in total. The Labute approximate surface area is 178 Å². The number of nitrogens with zero attached hydrogens (tertiary/aromatic N) is 1. The van der Waals surface area contributed by atoms with E-state index in [9.17, 15) is 14.9 Å². The number of nitrogens with one attached hydrogen (secondary N) is 1. The van der Waals surface area contributed by atoms with Crippen LogP contribution >= 0.6 is 23.2 Å². The monoisotopic (exact) mass is 432 g/mol. The molecule has 2 rings (SSSR count). The molecule has 0 unspecified atom stereocenters. The fraction of sp³-hybridized carbons (Fsp3) is 0.190. The van der Waals surface area contributed by atoms with Crippen LogP contribution in [0, 0.1) is 25.2 Å². The molecule has 0 saturated heterocycles. The van der Waals surface area contributed by atoms with Gasteiger partial charge in [-0.1, -0.05) is 23.2 Å². The topological polar surface area (TPSA) is 88.4 Å². The number of anilines is 1. The first-order chi connectivity index (χ1) is 13.7. The van der Waals surface area contributed by atoms with Crippen LogP contribution in [-0.4, -0.2) is 25.6 Å². The lowest BCUT2D eigenvalue weighted by molar-refractivity contribution is -0.142. The Bertz CT molecular complexity index is 1000. The van der Waals surface area contributed by atoms with E-state index in [0.717, 1.165) is 11.1 Å². The van der Waals surface area contributed by atoms with Gasteiger partial charge in [-0.15, -0.1) is 0 Å². The van der Waals surface area contributed by atoms with Crippen LogP contribution in [0.1, 0.15) is 16.7 Å². The zero-order valence-corrected chi connectivity index (χ0v) is 17.5. The molecule has 0 aliphatic carbocycles. The molecule has 150 valence electrons. The molecule has 0 aliphatic heterocycles. The van der Waals surface area contributed by atoms with E-state index >= 15 is 0 Å². The van der Waals surface area contributed by atoms with E-state index in [1.54, 1.807) is 38.1 Å². The zero-order valence-electron chi connectivity index (χ0n) is 16.0. The minimum atomic E-state index is -0.613. The maximum atomic E-state index is 12.5. The minimum absolute atomic E-state index is 0.108. The molecule has 0 saturated carbocycles. The van der Waals surface area contributed by atoms with Crippen molar-refractivity contribution < 1.29 is 19.1 Å². The summed E-state index contributed by atoms with van der Waals surface area (Å²) < 4.78 is 10.1. The highest BCUT2D eigenvalue weighted by atomic mass is 35.5. The van der Waals surface area contributed by atoms with Crippen molar-refractivity contribution in [1.29, 1.82) is 5.26 Å². The fourth-order valence-corrected chi connectivity index (χ4v) is 2.92. The van der Waals surface area contributed by atoms with Gasteiger partial charge in [0.15, 0.2) is 6.61 Å². The van der Waals surface area contributed by atoms with Crippen LogP contribution in [0.3, 0.4) is 0 Å². The minimum Gasteiger partial charge on any atom is -0.481 e. The number of esters is 1. The molecule has 1 amide bonds. The molecular weight excluding hydrogens is 415 g/mol. The average molecular weight is 433 g/mol. The quantitative estimate of drug-likeness (QED) is 0.405. The highest BCUT2D eigenvalue weighted by molar-refractivity contribution is 6.36. The number of hydrogen-bond acceptors (Lipinski definition) is 5. The molecule has 29 heavy (non-hydrogen) atoms. The smallest absolute Gasteiger partial charge is 0.343 e. The Morgan fingerprint density at radius 3 is 2.41 bits per heavy atom. The van der Waals surface area contributed by atoms with Crippen molar-refractivity contribution in [1.82, 2.24) is 0 Å². The first kappa shape index (κ1) is 22.3. The summed E-state index contributed by atoms with van der Waals surface area (Å²) in [7, 11) is 1.28. The fourth-order valence-electron chi connectivity index (χ4n) is 2.58. The lowest BCUT2D eigenvalue weighted by atomic mass is 10.0. The Morgan fingerprint density at radius 1 is 1.17 bits per heavy atom. The number of nitriles is 1. The molecule has 0 fully saturated rings. The summed E-state index contributed by atoms with van der Waals surface area (Å²) in [5.74, 6) is -0.560. The van der Waals surface area contributed by atoms with Crippen molar-refractivity contribution in [3.8, 4) is 11.8 Å². The van der Waals surface area contributed by atoms with Crippen molar-refractivity contribution in [3.63, 3.8) is 0 Å². The van der Waals surface area contributed by atoms with Crippen LogP contribution in [-0.2, 0) is 14.3 Å². The predicted octanol–water partition coefficient (Wildman–Crippen LogP) is 4.71. The van der Waals surface area contributed by atoms with Gasteiger partial charge in [0.25, 0.3) is 5.91 Å². The second-order valence-electron chi connectivity index (χ2n) is 6.10. The first-order valence-corrected chi connectivity index (χ1v) is 9.19. The SMILES string of the molecule is COC(=O)COc1c(C)cc(/C=C(/C#N)C(=O)Nc2cc(Cl)ccc2Cl)cc1C. The molecule has 2 aromatic carbocycles. The van der Waals surface area contributed by atoms with E-state index in [1.807, 2.05) is 6.07 Å². The Morgan fingerprint density at radius 2 is 1.83 bits per heavy atom. The largest absolute Gasteiger partial charge is 0.481 e. The Kier molecular flexibility index (Phi) is 7.66. The standard InChI is InChI=1S/C21H18Cl2N2O4/c1-12-6-14(7-13(2)20(12)29-11-19(26)28-3)8-15(10-24)21(27)25-18-9-16(22)4-5-17(18)23/h4-9H,11H2,1-3H3,(H,25,27)/b15-8-. The van der Waals surface area contributed by atoms with Gasteiger partial charge >= 0.3 is 5.97 Å². The second-order valence-corrected chi connectivity index (χ2v) is 6.94. The van der Waals surface area contributed by atoms with Crippen molar-refractivity contribution in [2.75, 3.05) is 19.0 Å². The van der Waals surface area contributed by atoms with Gasteiger partial charge in [-0.25, -0.2) is 4.79 Å². The molecule has 0 spiro atoms. The molecule has 0 atom stereocenters. The number of halogens is 2. The third-order valence-corrected chi connectivity index (χ3v) is 4.46. The Hall–Kier alpha value is -3.01. The number of amides is 1. The van der Waals surface area contributed by atoms with Gasteiger partial charge in [0.05, 0.1) is 17.8 Å². The van der Waals surface area contributed by atoms with Gasteiger partial charge in [0.1, 0.15) is 17.4 Å². The maximum absolute atomic E-state index is 12.5. The van der Waals surface area contributed by atoms with Gasteiger partial charge in [-0.2, -0.15) is 5.26 Å². The van der Waals surface area contributed by atoms with Gasteiger partial charge < -0.3 is 14.8 Å². The molecule has 8 heteroatoms. The second kappa shape index (κ2) is 9.97. The molecule has 6 nitrogen and oxygen atoms in total. The van der Waals surface area contributed by atoms with Crippen LogP contribution in [0.25, 0.3) is 6.08 Å². The predicted molar refractivity (Wildman–Crippen MR) is 112 cm³/mol. The number of benzene rings is 2. The number of carbonyl (C=O) groups is 2. The number of carbonyl (C=O) groups excluding carboxylic acids is 2. The summed E-state index contributed by atoms with van der Waals surface area (Å²) in [6.45, 7) is 3.39. The van der Waals surface area contributed by atoms with Crippen molar-refractivity contribution in [2.24, 2.45) is 0 Å². The zero-order chi connectivity index (χ0) is 21.6. The number of rotatable bonds is 6. The summed E-state index contributed by atoms with van der Waals surface area (Å²) in [5, 5.41) is 12.7. The third-order valence-electron chi connectivity index (χ3n) is 3.90. The normalized spacial score (nSPS) is 10.8. The lowest BCUT2D eigenvalue weighted by Crippen LogP contribution is -2.14. The number of aryl methyl sites for hydroxylation is 2. The van der Waals surface area contributed by atoms with E-state index in [4.69, 9.17) is 27.9 Å². The van der Waals surface area contributed by atoms with Crippen molar-refractivity contribution >= 4 is 46.8 Å². The van der Waals surface area contributed by atoms with E-state index < -0.39 is 11.9 Å². The van der Waals surface area contributed by atoms with Gasteiger partial charge in [-0.05, 0) is 66.9 Å². The maximum Gasteiger partial charge on any atom is 0.343 e. The van der Waals surface area contributed by atoms with Crippen molar-refractivity contribution in [2.45, 2.75) is 13.8 Å². The van der Waals surface area contributed by atoms with E-state index in [-0.39, 0.29) is 12.2 Å². The van der Waals surface area contributed by atoms with Crippen molar-refractivity contribution in [3.05, 3.63) is 62.6 Å². The number of ether oxygens (including phenoxy) is 2. The molecule has 0 aromatic heterocycles. The molecule has 0 radical (unpaired) electrons. The van der Waals surface area contributed by atoms with Gasteiger partial charge in [-0.3, -0.25) is 4.79 Å². The van der Waals surface area contributed by atoms with E-state index in [0.29, 0.717) is 27.0 Å². The molecule has 0 bridgehead atoms. The van der Waals surface area contributed by atoms with E-state index in [1.165, 1.54) is 19.3 Å². The average Bonchev–Trinajstić information content (AvgIpc) is 2.67. The summed E-state index contributed by atoms with van der Waals surface area (Å²) >= 11 is 12.0. The summed E-state index contributed by atoms with van der Waals surface area (Å²) in [5.41, 5.74) is 2.33. The Balaban J connectivity index is 2.26. The third kappa shape index (κ3) is 5.98. The summed E-state index contributed by atoms with van der Waals surface area (Å²) in [4.78, 5) is 23.8. The lowest BCUT2D eigenvalue weighted by Gasteiger charge is -2.12. The highest BCUT2D eigenvalue weighted by Gasteiger charge is 2.14. The van der Waals surface area contributed by atoms with Crippen LogP contribution in [0.2, 0.25) is 10.0 Å². The number of methoxy groups -OCH3 is 1. The van der Waals surface area contributed by atoms with Crippen LogP contribution < -0.4 is 10.1 Å². The molecule has 0 heterocycles. The molecule has 0 aliphatic rings. The van der Waals surface area contributed by atoms with Crippen LogP contribution in [0.4, 0.5) is 5.69 Å². The highest BCUT2D eigenvalue weighted by Crippen LogP contribution is 2.28. The van der Waals surface area contributed by atoms with Crippen LogP contribution in [0.5, 0.6) is 5.75 Å². The summed E-state index contributed by atoms with van der Waals surface area (Å²) in [6.07, 6.45) is 1.46. The molecular formula is C21H18Cl2N2O4. The molecule has 2 aromatic rings. The first-order valence-electron chi connectivity index (χ1n) is 8.44. The van der Waals surface area contributed by atoms with Gasteiger partial charge in [0, 0.05) is 5.02 Å². The van der Waals surface area contributed by atoms with E-state index in [2.05, 4.69) is 10.1 Å². The number of hydrogen-bond donors (Lipinski definition) is 1.